The van der Waals surface area contributed by atoms with Crippen LogP contribution in [0.25, 0.3) is 0 Å². The first-order valence-electron chi connectivity index (χ1n) is 5.52. The van der Waals surface area contributed by atoms with E-state index in [1.807, 2.05) is 13.8 Å². The van der Waals surface area contributed by atoms with Crippen LogP contribution in [0.2, 0.25) is 0 Å². The molecule has 7 heteroatoms. The van der Waals surface area contributed by atoms with E-state index in [4.69, 9.17) is 20.4 Å². The molecule has 1 rings (SSSR count). The fourth-order valence-corrected chi connectivity index (χ4v) is 1.54. The third-order valence-corrected chi connectivity index (χ3v) is 2.46. The minimum Gasteiger partial charge on any atom is -0.409 e. The Labute approximate surface area is 100 Å². The highest BCUT2D eigenvalue weighted by molar-refractivity contribution is 5.88. The summed E-state index contributed by atoms with van der Waals surface area (Å²) in [6.07, 6.45) is -0.599. The molecule has 17 heavy (non-hydrogen) atoms. The number of amides is 1. The van der Waals surface area contributed by atoms with Gasteiger partial charge in [0.15, 0.2) is 11.9 Å². The number of amidine groups is 1. The Morgan fingerprint density at radius 1 is 1.59 bits per heavy atom. The maximum atomic E-state index is 12.1. The highest BCUT2D eigenvalue weighted by Crippen LogP contribution is 2.08. The molecule has 98 valence electrons. The Bertz CT molecular complexity index is 287. The van der Waals surface area contributed by atoms with Gasteiger partial charge in [-0.05, 0) is 13.8 Å². The van der Waals surface area contributed by atoms with Crippen molar-refractivity contribution in [1.29, 1.82) is 0 Å². The molecule has 0 spiro atoms. The van der Waals surface area contributed by atoms with E-state index in [1.54, 1.807) is 0 Å². The fourth-order valence-electron chi connectivity index (χ4n) is 1.54. The lowest BCUT2D eigenvalue weighted by Crippen LogP contribution is -2.50. The van der Waals surface area contributed by atoms with Crippen molar-refractivity contribution in [1.82, 2.24) is 4.90 Å². The molecule has 1 atom stereocenters. The molecule has 0 aromatic heterocycles. The summed E-state index contributed by atoms with van der Waals surface area (Å²) in [6, 6.07) is -0.0617. The summed E-state index contributed by atoms with van der Waals surface area (Å²) in [4.78, 5) is 13.6. The Balaban J connectivity index is 2.65. The van der Waals surface area contributed by atoms with E-state index in [2.05, 4.69) is 5.16 Å². The van der Waals surface area contributed by atoms with Crippen molar-refractivity contribution in [2.24, 2.45) is 10.9 Å². The van der Waals surface area contributed by atoms with E-state index in [-0.39, 0.29) is 30.9 Å². The molecule has 1 aliphatic heterocycles. The summed E-state index contributed by atoms with van der Waals surface area (Å²) >= 11 is 0. The summed E-state index contributed by atoms with van der Waals surface area (Å²) in [5.74, 6) is -0.213. The van der Waals surface area contributed by atoms with Crippen LogP contribution < -0.4 is 5.73 Å². The first-order valence-corrected chi connectivity index (χ1v) is 5.52. The molecule has 0 aliphatic carbocycles. The van der Waals surface area contributed by atoms with E-state index in [1.165, 1.54) is 4.90 Å². The fraction of sp³-hybridized carbons (Fsp3) is 0.800. The van der Waals surface area contributed by atoms with Gasteiger partial charge in [0, 0.05) is 6.04 Å². The summed E-state index contributed by atoms with van der Waals surface area (Å²) in [5.41, 5.74) is 5.41. The van der Waals surface area contributed by atoms with Gasteiger partial charge in [0.05, 0.1) is 26.4 Å². The van der Waals surface area contributed by atoms with E-state index in [0.717, 1.165) is 0 Å². The summed E-state index contributed by atoms with van der Waals surface area (Å²) < 4.78 is 10.5. The molecular formula is C10H19N3O4. The Morgan fingerprint density at radius 2 is 2.29 bits per heavy atom. The second-order valence-corrected chi connectivity index (χ2v) is 4.09. The third kappa shape index (κ3) is 3.86. The van der Waals surface area contributed by atoms with Crippen LogP contribution in [-0.2, 0) is 14.3 Å². The molecule has 1 fully saturated rings. The molecule has 3 N–H and O–H groups in total. The zero-order valence-corrected chi connectivity index (χ0v) is 10.1. The minimum absolute atomic E-state index is 0.0104. The normalized spacial score (nSPS) is 21.6. The molecule has 1 amide bonds. The van der Waals surface area contributed by atoms with Gasteiger partial charge in [-0.1, -0.05) is 5.16 Å². The van der Waals surface area contributed by atoms with Crippen molar-refractivity contribution >= 4 is 11.7 Å². The molecule has 1 heterocycles. The van der Waals surface area contributed by atoms with Gasteiger partial charge < -0.3 is 25.3 Å². The van der Waals surface area contributed by atoms with Crippen LogP contribution in [0.3, 0.4) is 0 Å². The van der Waals surface area contributed by atoms with Crippen LogP contribution in [0.5, 0.6) is 0 Å². The first-order chi connectivity index (χ1) is 8.06. The zero-order valence-electron chi connectivity index (χ0n) is 10.1. The van der Waals surface area contributed by atoms with Gasteiger partial charge in [0.2, 0.25) is 0 Å². The smallest absolute Gasteiger partial charge is 0.254 e. The summed E-state index contributed by atoms with van der Waals surface area (Å²) in [6.45, 7) is 4.95. The molecule has 0 aromatic carbocycles. The van der Waals surface area contributed by atoms with Gasteiger partial charge in [-0.15, -0.1) is 0 Å². The van der Waals surface area contributed by atoms with Crippen LogP contribution in [0, 0.1) is 0 Å². The van der Waals surface area contributed by atoms with Gasteiger partial charge >= 0.3 is 0 Å². The maximum absolute atomic E-state index is 12.1. The van der Waals surface area contributed by atoms with Gasteiger partial charge in [0.1, 0.15) is 0 Å². The average Bonchev–Trinajstić information content (AvgIpc) is 2.35. The van der Waals surface area contributed by atoms with Crippen LogP contribution in [-0.4, -0.2) is 60.4 Å². The number of oxime groups is 1. The summed E-state index contributed by atoms with van der Waals surface area (Å²) in [7, 11) is 0. The molecule has 1 aliphatic rings. The minimum atomic E-state index is -0.599. The lowest BCUT2D eigenvalue weighted by Gasteiger charge is -2.31. The first kappa shape index (κ1) is 13.7. The SMILES string of the molecule is CC(C)N(CC(N)=NO)C(=O)C1COCCO1. The van der Waals surface area contributed by atoms with Crippen molar-refractivity contribution in [2.45, 2.75) is 26.0 Å². The molecule has 0 aromatic rings. The highest BCUT2D eigenvalue weighted by Gasteiger charge is 2.29. The van der Waals surface area contributed by atoms with Gasteiger partial charge in [0.25, 0.3) is 5.91 Å². The van der Waals surface area contributed by atoms with Crippen molar-refractivity contribution in [3.05, 3.63) is 0 Å². The predicted molar refractivity (Wildman–Crippen MR) is 60.8 cm³/mol. The number of carbonyl (C=O) groups excluding carboxylic acids is 1. The molecule has 1 saturated heterocycles. The van der Waals surface area contributed by atoms with E-state index in [0.29, 0.717) is 13.2 Å². The molecular weight excluding hydrogens is 226 g/mol. The quantitative estimate of drug-likeness (QED) is 0.298. The van der Waals surface area contributed by atoms with Crippen molar-refractivity contribution in [2.75, 3.05) is 26.4 Å². The van der Waals surface area contributed by atoms with E-state index >= 15 is 0 Å². The van der Waals surface area contributed by atoms with Gasteiger partial charge in [-0.2, -0.15) is 0 Å². The number of hydrogen-bond acceptors (Lipinski definition) is 5. The maximum Gasteiger partial charge on any atom is 0.254 e. The molecule has 7 nitrogen and oxygen atoms in total. The molecule has 0 bridgehead atoms. The number of ether oxygens (including phenoxy) is 2. The Hall–Kier alpha value is -1.34. The molecule has 1 unspecified atom stereocenters. The van der Waals surface area contributed by atoms with Crippen molar-refractivity contribution < 1.29 is 19.5 Å². The van der Waals surface area contributed by atoms with Crippen molar-refractivity contribution in [3.63, 3.8) is 0 Å². The molecule has 0 radical (unpaired) electrons. The summed E-state index contributed by atoms with van der Waals surface area (Å²) in [5, 5.41) is 11.4. The Kier molecular flexibility index (Phi) is 5.17. The largest absolute Gasteiger partial charge is 0.409 e. The Morgan fingerprint density at radius 3 is 2.76 bits per heavy atom. The zero-order chi connectivity index (χ0) is 12.8. The second-order valence-electron chi connectivity index (χ2n) is 4.09. The topological polar surface area (TPSA) is 97.4 Å². The van der Waals surface area contributed by atoms with Crippen LogP contribution in [0.1, 0.15) is 13.8 Å². The lowest BCUT2D eigenvalue weighted by atomic mass is 10.2. The lowest BCUT2D eigenvalue weighted by molar-refractivity contribution is -0.158. The number of carbonyl (C=O) groups is 1. The van der Waals surface area contributed by atoms with Crippen LogP contribution in [0.4, 0.5) is 0 Å². The number of rotatable bonds is 4. The monoisotopic (exact) mass is 245 g/mol. The van der Waals surface area contributed by atoms with Crippen LogP contribution >= 0.6 is 0 Å². The third-order valence-electron chi connectivity index (χ3n) is 2.46. The van der Waals surface area contributed by atoms with E-state index < -0.39 is 6.10 Å². The van der Waals surface area contributed by atoms with Crippen LogP contribution in [0.15, 0.2) is 5.16 Å². The van der Waals surface area contributed by atoms with E-state index in [9.17, 15) is 4.79 Å². The number of nitrogens with zero attached hydrogens (tertiary/aromatic N) is 2. The average molecular weight is 245 g/mol. The van der Waals surface area contributed by atoms with Gasteiger partial charge in [-0.3, -0.25) is 4.79 Å². The molecule has 0 saturated carbocycles. The predicted octanol–water partition coefficient (Wildman–Crippen LogP) is -0.615. The number of nitrogens with two attached hydrogens (primary N) is 1. The highest BCUT2D eigenvalue weighted by atomic mass is 16.6. The number of hydrogen-bond donors (Lipinski definition) is 2. The van der Waals surface area contributed by atoms with Gasteiger partial charge in [-0.25, -0.2) is 0 Å². The standard InChI is InChI=1S/C10H19N3O4/c1-7(2)13(5-9(11)12-15)10(14)8-6-16-3-4-17-8/h7-8,15H,3-6H2,1-2H3,(H2,11,12). The second kappa shape index (κ2) is 6.41. The van der Waals surface area contributed by atoms with Crippen molar-refractivity contribution in [3.8, 4) is 0 Å².